The van der Waals surface area contributed by atoms with Gasteiger partial charge in [0.25, 0.3) is 5.56 Å². The SMILES string of the molecule is CCCCNc1nc(Nc2cccc(C)c2)c2c(=O)[nH]ccc2n1. The number of H-pyrrole nitrogens is 1. The minimum atomic E-state index is -0.206. The van der Waals surface area contributed by atoms with Gasteiger partial charge in [0.15, 0.2) is 0 Å². The quantitative estimate of drug-likeness (QED) is 0.604. The van der Waals surface area contributed by atoms with Crippen LogP contribution in [0.3, 0.4) is 0 Å². The molecule has 0 aliphatic heterocycles. The number of aromatic amines is 1. The summed E-state index contributed by atoms with van der Waals surface area (Å²) in [6.45, 7) is 4.95. The van der Waals surface area contributed by atoms with E-state index in [1.807, 2.05) is 31.2 Å². The van der Waals surface area contributed by atoms with Crippen LogP contribution < -0.4 is 16.2 Å². The Labute approximate surface area is 140 Å². The van der Waals surface area contributed by atoms with E-state index in [4.69, 9.17) is 0 Å². The van der Waals surface area contributed by atoms with E-state index < -0.39 is 0 Å². The van der Waals surface area contributed by atoms with E-state index in [1.54, 1.807) is 12.3 Å². The van der Waals surface area contributed by atoms with Gasteiger partial charge in [-0.2, -0.15) is 4.98 Å². The van der Waals surface area contributed by atoms with Crippen molar-refractivity contribution in [3.8, 4) is 0 Å². The minimum Gasteiger partial charge on any atom is -0.354 e. The van der Waals surface area contributed by atoms with Crippen molar-refractivity contribution in [3.05, 3.63) is 52.4 Å². The first-order valence-electron chi connectivity index (χ1n) is 8.14. The van der Waals surface area contributed by atoms with Gasteiger partial charge in [-0.15, -0.1) is 0 Å². The molecule has 3 N–H and O–H groups in total. The molecular weight excluding hydrogens is 302 g/mol. The van der Waals surface area contributed by atoms with Gasteiger partial charge in [0.05, 0.1) is 5.52 Å². The van der Waals surface area contributed by atoms with Gasteiger partial charge >= 0.3 is 0 Å². The van der Waals surface area contributed by atoms with E-state index in [9.17, 15) is 4.79 Å². The van der Waals surface area contributed by atoms with Gasteiger partial charge in [-0.3, -0.25) is 4.79 Å². The third-order valence-electron chi connectivity index (χ3n) is 3.71. The molecule has 1 aromatic carbocycles. The standard InChI is InChI=1S/C18H21N5O/c1-3-4-9-20-18-22-14-8-10-19-17(24)15(14)16(23-18)21-13-7-5-6-12(2)11-13/h5-8,10-11H,3-4,9H2,1-2H3,(H,19,24)(H2,20,21,22,23). The van der Waals surface area contributed by atoms with Gasteiger partial charge in [0.1, 0.15) is 11.2 Å². The molecule has 24 heavy (non-hydrogen) atoms. The maximum atomic E-state index is 12.2. The van der Waals surface area contributed by atoms with Gasteiger partial charge in [-0.05, 0) is 37.1 Å². The summed E-state index contributed by atoms with van der Waals surface area (Å²) in [5.74, 6) is 1.03. The number of nitrogens with zero attached hydrogens (tertiary/aromatic N) is 2. The zero-order valence-corrected chi connectivity index (χ0v) is 13.9. The van der Waals surface area contributed by atoms with E-state index in [0.29, 0.717) is 22.7 Å². The summed E-state index contributed by atoms with van der Waals surface area (Å²) >= 11 is 0. The molecule has 0 aliphatic rings. The van der Waals surface area contributed by atoms with Crippen LogP contribution in [-0.2, 0) is 0 Å². The molecule has 2 heterocycles. The zero-order valence-electron chi connectivity index (χ0n) is 13.9. The molecule has 3 aromatic rings. The summed E-state index contributed by atoms with van der Waals surface area (Å²) in [6.07, 6.45) is 3.73. The van der Waals surface area contributed by atoms with E-state index in [1.165, 1.54) is 0 Å². The van der Waals surface area contributed by atoms with Crippen LogP contribution in [0.1, 0.15) is 25.3 Å². The number of hydrogen-bond acceptors (Lipinski definition) is 5. The Hall–Kier alpha value is -2.89. The van der Waals surface area contributed by atoms with Crippen LogP contribution in [0.4, 0.5) is 17.5 Å². The van der Waals surface area contributed by atoms with Crippen molar-refractivity contribution in [3.63, 3.8) is 0 Å². The number of benzene rings is 1. The first-order chi connectivity index (χ1) is 11.7. The highest BCUT2D eigenvalue weighted by molar-refractivity contribution is 5.90. The number of aromatic nitrogens is 3. The molecule has 0 saturated carbocycles. The second-order valence-electron chi connectivity index (χ2n) is 5.74. The largest absolute Gasteiger partial charge is 0.354 e. The van der Waals surface area contributed by atoms with Crippen molar-refractivity contribution in [1.82, 2.24) is 15.0 Å². The number of pyridine rings is 1. The third-order valence-corrected chi connectivity index (χ3v) is 3.71. The Morgan fingerprint density at radius 2 is 2.08 bits per heavy atom. The van der Waals surface area contributed by atoms with E-state index in [2.05, 4.69) is 32.5 Å². The van der Waals surface area contributed by atoms with Crippen LogP contribution in [0.2, 0.25) is 0 Å². The molecule has 0 aliphatic carbocycles. The highest BCUT2D eigenvalue weighted by atomic mass is 16.1. The van der Waals surface area contributed by atoms with Crippen LogP contribution in [0.15, 0.2) is 41.3 Å². The van der Waals surface area contributed by atoms with Gasteiger partial charge in [0.2, 0.25) is 5.95 Å². The Bertz CT molecular complexity index is 903. The average molecular weight is 323 g/mol. The number of rotatable bonds is 6. The fraction of sp³-hybridized carbons (Fsp3) is 0.278. The average Bonchev–Trinajstić information content (AvgIpc) is 2.55. The molecule has 2 aromatic heterocycles. The van der Waals surface area contributed by atoms with Gasteiger partial charge in [-0.25, -0.2) is 4.98 Å². The molecule has 0 atom stereocenters. The number of hydrogen-bond donors (Lipinski definition) is 3. The summed E-state index contributed by atoms with van der Waals surface area (Å²) < 4.78 is 0. The maximum Gasteiger partial charge on any atom is 0.261 e. The Balaban J connectivity index is 2.04. The molecule has 0 spiro atoms. The second kappa shape index (κ2) is 7.12. The van der Waals surface area contributed by atoms with Crippen molar-refractivity contribution in [2.75, 3.05) is 17.2 Å². The van der Waals surface area contributed by atoms with Gasteiger partial charge in [0, 0.05) is 18.4 Å². The molecule has 3 rings (SSSR count). The van der Waals surface area contributed by atoms with Gasteiger partial charge < -0.3 is 15.6 Å². The molecule has 6 heteroatoms. The lowest BCUT2D eigenvalue weighted by Crippen LogP contribution is -2.12. The summed E-state index contributed by atoms with van der Waals surface area (Å²) in [7, 11) is 0. The molecule has 0 radical (unpaired) electrons. The summed E-state index contributed by atoms with van der Waals surface area (Å²) in [5.41, 5.74) is 2.43. The lowest BCUT2D eigenvalue weighted by atomic mass is 10.2. The highest BCUT2D eigenvalue weighted by Crippen LogP contribution is 2.23. The Morgan fingerprint density at radius 1 is 1.21 bits per heavy atom. The van der Waals surface area contributed by atoms with Crippen LogP contribution in [0, 0.1) is 6.92 Å². The number of aryl methyl sites for hydroxylation is 1. The predicted molar refractivity (Wildman–Crippen MR) is 98.0 cm³/mol. The number of unbranched alkanes of at least 4 members (excludes halogenated alkanes) is 1. The molecule has 124 valence electrons. The van der Waals surface area contributed by atoms with Crippen LogP contribution in [-0.4, -0.2) is 21.5 Å². The minimum absolute atomic E-state index is 0.206. The van der Waals surface area contributed by atoms with Crippen molar-refractivity contribution < 1.29 is 0 Å². The molecular formula is C18H21N5O. The van der Waals surface area contributed by atoms with Crippen LogP contribution >= 0.6 is 0 Å². The summed E-state index contributed by atoms with van der Waals surface area (Å²) in [6, 6.07) is 9.72. The first kappa shape index (κ1) is 16.0. The Morgan fingerprint density at radius 3 is 2.88 bits per heavy atom. The maximum absolute atomic E-state index is 12.2. The van der Waals surface area contributed by atoms with Crippen LogP contribution in [0.5, 0.6) is 0 Å². The molecule has 0 unspecified atom stereocenters. The summed E-state index contributed by atoms with van der Waals surface area (Å²) in [4.78, 5) is 23.9. The fourth-order valence-electron chi connectivity index (χ4n) is 2.50. The summed E-state index contributed by atoms with van der Waals surface area (Å²) in [5, 5.41) is 6.93. The lowest BCUT2D eigenvalue weighted by Gasteiger charge is -2.11. The van der Waals surface area contributed by atoms with E-state index in [0.717, 1.165) is 30.6 Å². The number of anilines is 3. The lowest BCUT2D eigenvalue weighted by molar-refractivity contribution is 0.827. The van der Waals surface area contributed by atoms with E-state index in [-0.39, 0.29) is 5.56 Å². The topological polar surface area (TPSA) is 82.7 Å². The first-order valence-corrected chi connectivity index (χ1v) is 8.14. The molecule has 0 saturated heterocycles. The van der Waals surface area contributed by atoms with E-state index >= 15 is 0 Å². The van der Waals surface area contributed by atoms with Gasteiger partial charge in [-0.1, -0.05) is 25.5 Å². The monoisotopic (exact) mass is 323 g/mol. The number of nitrogens with one attached hydrogen (secondary N) is 3. The van der Waals surface area contributed by atoms with Crippen molar-refractivity contribution >= 4 is 28.4 Å². The second-order valence-corrected chi connectivity index (χ2v) is 5.74. The van der Waals surface area contributed by atoms with Crippen molar-refractivity contribution in [2.45, 2.75) is 26.7 Å². The van der Waals surface area contributed by atoms with Crippen molar-refractivity contribution in [1.29, 1.82) is 0 Å². The third kappa shape index (κ3) is 3.53. The predicted octanol–water partition coefficient (Wildman–Crippen LogP) is 3.58. The van der Waals surface area contributed by atoms with Crippen molar-refractivity contribution in [2.24, 2.45) is 0 Å². The molecule has 0 fully saturated rings. The highest BCUT2D eigenvalue weighted by Gasteiger charge is 2.11. The fourth-order valence-corrected chi connectivity index (χ4v) is 2.50. The molecule has 6 nitrogen and oxygen atoms in total. The molecule has 0 bridgehead atoms. The Kier molecular flexibility index (Phi) is 4.74. The number of fused-ring (bicyclic) bond motifs is 1. The molecule has 0 amide bonds. The van der Waals surface area contributed by atoms with Crippen LogP contribution in [0.25, 0.3) is 10.9 Å². The smallest absolute Gasteiger partial charge is 0.261 e. The zero-order chi connectivity index (χ0) is 16.9. The normalized spacial score (nSPS) is 10.8.